The molecule has 0 aliphatic carbocycles. The smallest absolute Gasteiger partial charge is 0.270 e. The van der Waals surface area contributed by atoms with Gasteiger partial charge in [0.1, 0.15) is 11.7 Å². The Morgan fingerprint density at radius 3 is 2.43 bits per heavy atom. The summed E-state index contributed by atoms with van der Waals surface area (Å²) in [5.74, 6) is -0.502. The maximum absolute atomic E-state index is 12.3. The lowest BCUT2D eigenvalue weighted by atomic mass is 10.2. The van der Waals surface area contributed by atoms with E-state index in [1.165, 1.54) is 4.68 Å². The number of amides is 2. The van der Waals surface area contributed by atoms with Crippen LogP contribution in [0.4, 0.5) is 0 Å². The van der Waals surface area contributed by atoms with Crippen molar-refractivity contribution in [1.82, 2.24) is 20.0 Å². The Hall–Kier alpha value is -2.37. The zero-order valence-corrected chi connectivity index (χ0v) is 12.8. The fraction of sp³-hybridized carbons (Fsp3) is 0.400. The van der Waals surface area contributed by atoms with E-state index in [4.69, 9.17) is 0 Å². The lowest BCUT2D eigenvalue weighted by Crippen LogP contribution is -2.47. The van der Waals surface area contributed by atoms with Gasteiger partial charge in [0.05, 0.1) is 5.69 Å². The van der Waals surface area contributed by atoms with Gasteiger partial charge in [-0.15, -0.1) is 13.2 Å². The number of aromatic nitrogens is 2. The molecule has 1 aromatic rings. The molecular formula is C15H22N4O2. The second kappa shape index (κ2) is 7.42. The van der Waals surface area contributed by atoms with E-state index in [9.17, 15) is 9.59 Å². The van der Waals surface area contributed by atoms with Crippen LogP contribution in [0, 0.1) is 6.92 Å². The average Bonchev–Trinajstić information content (AvgIpc) is 2.76. The Kier molecular flexibility index (Phi) is 5.90. The van der Waals surface area contributed by atoms with Gasteiger partial charge in [0.2, 0.25) is 5.91 Å². The lowest BCUT2D eigenvalue weighted by Gasteiger charge is -2.23. The molecular weight excluding hydrogens is 268 g/mol. The van der Waals surface area contributed by atoms with E-state index in [2.05, 4.69) is 23.6 Å². The fourth-order valence-corrected chi connectivity index (χ4v) is 2.00. The number of rotatable bonds is 7. The van der Waals surface area contributed by atoms with Crippen molar-refractivity contribution < 1.29 is 9.59 Å². The van der Waals surface area contributed by atoms with E-state index >= 15 is 0 Å². The predicted octanol–water partition coefficient (Wildman–Crippen LogP) is 1.05. The molecule has 1 N–H and O–H groups in total. The first-order valence-electron chi connectivity index (χ1n) is 6.72. The number of nitrogens with zero attached hydrogens (tertiary/aromatic N) is 3. The van der Waals surface area contributed by atoms with Crippen molar-refractivity contribution in [3.05, 3.63) is 42.8 Å². The average molecular weight is 290 g/mol. The number of aryl methyl sites for hydroxylation is 2. The van der Waals surface area contributed by atoms with Gasteiger partial charge in [-0.3, -0.25) is 14.3 Å². The monoisotopic (exact) mass is 290 g/mol. The van der Waals surface area contributed by atoms with Crippen molar-refractivity contribution >= 4 is 11.8 Å². The van der Waals surface area contributed by atoms with Gasteiger partial charge in [0, 0.05) is 20.1 Å². The van der Waals surface area contributed by atoms with Crippen LogP contribution in [0.1, 0.15) is 23.1 Å². The maximum Gasteiger partial charge on any atom is 0.270 e. The van der Waals surface area contributed by atoms with E-state index in [0.717, 1.165) is 5.69 Å². The molecule has 0 spiro atoms. The molecule has 0 bridgehead atoms. The van der Waals surface area contributed by atoms with Gasteiger partial charge >= 0.3 is 0 Å². The molecule has 114 valence electrons. The zero-order chi connectivity index (χ0) is 16.0. The molecule has 0 aliphatic rings. The summed E-state index contributed by atoms with van der Waals surface area (Å²) in [7, 11) is 1.69. The maximum atomic E-state index is 12.3. The van der Waals surface area contributed by atoms with Gasteiger partial charge in [-0.25, -0.2) is 0 Å². The molecule has 0 aliphatic heterocycles. The summed E-state index contributed by atoms with van der Waals surface area (Å²) in [5.41, 5.74) is 1.17. The quantitative estimate of drug-likeness (QED) is 0.763. The van der Waals surface area contributed by atoms with E-state index in [1.807, 2.05) is 0 Å². The SMILES string of the molecule is C=CCN(CC=C)C(=O)C(C)NC(=O)c1cc(C)nn1C. The van der Waals surface area contributed by atoms with E-state index in [1.54, 1.807) is 44.0 Å². The van der Waals surface area contributed by atoms with Crippen LogP contribution in [0.3, 0.4) is 0 Å². The van der Waals surface area contributed by atoms with Crippen LogP contribution in [0.15, 0.2) is 31.4 Å². The van der Waals surface area contributed by atoms with E-state index < -0.39 is 6.04 Å². The third kappa shape index (κ3) is 4.30. The molecule has 0 saturated heterocycles. The number of carbonyl (C=O) groups is 2. The van der Waals surface area contributed by atoms with Crippen LogP contribution in [0.2, 0.25) is 0 Å². The summed E-state index contributed by atoms with van der Waals surface area (Å²) in [5, 5.41) is 6.80. The second-order valence-electron chi connectivity index (χ2n) is 4.81. The summed E-state index contributed by atoms with van der Waals surface area (Å²) in [6.07, 6.45) is 3.28. The van der Waals surface area contributed by atoms with Crippen LogP contribution in [-0.4, -0.2) is 45.6 Å². The van der Waals surface area contributed by atoms with E-state index in [0.29, 0.717) is 18.8 Å². The van der Waals surface area contributed by atoms with Gasteiger partial charge in [-0.05, 0) is 19.9 Å². The topological polar surface area (TPSA) is 67.2 Å². The molecule has 0 fully saturated rings. The van der Waals surface area contributed by atoms with Gasteiger partial charge in [-0.1, -0.05) is 12.2 Å². The Bertz CT molecular complexity index is 538. The van der Waals surface area contributed by atoms with Crippen molar-refractivity contribution in [3.63, 3.8) is 0 Å². The van der Waals surface area contributed by atoms with Gasteiger partial charge in [0.15, 0.2) is 0 Å². The molecule has 21 heavy (non-hydrogen) atoms. The van der Waals surface area contributed by atoms with Crippen molar-refractivity contribution in [2.45, 2.75) is 19.9 Å². The highest BCUT2D eigenvalue weighted by Gasteiger charge is 2.22. The third-order valence-corrected chi connectivity index (χ3v) is 2.96. The molecule has 0 aromatic carbocycles. The van der Waals surface area contributed by atoms with Crippen molar-refractivity contribution in [3.8, 4) is 0 Å². The van der Waals surface area contributed by atoms with Crippen molar-refractivity contribution in [2.24, 2.45) is 7.05 Å². The summed E-state index contributed by atoms with van der Waals surface area (Å²) < 4.78 is 1.49. The molecule has 0 saturated carbocycles. The van der Waals surface area contributed by atoms with Crippen LogP contribution in [0.25, 0.3) is 0 Å². The highest BCUT2D eigenvalue weighted by atomic mass is 16.2. The molecule has 2 amide bonds. The van der Waals surface area contributed by atoms with Crippen LogP contribution < -0.4 is 5.32 Å². The first-order valence-corrected chi connectivity index (χ1v) is 6.72. The minimum absolute atomic E-state index is 0.179. The Morgan fingerprint density at radius 2 is 2.00 bits per heavy atom. The minimum atomic E-state index is -0.632. The number of hydrogen-bond donors (Lipinski definition) is 1. The Balaban J connectivity index is 2.74. The zero-order valence-electron chi connectivity index (χ0n) is 12.8. The van der Waals surface area contributed by atoms with Crippen molar-refractivity contribution in [2.75, 3.05) is 13.1 Å². The second-order valence-corrected chi connectivity index (χ2v) is 4.81. The predicted molar refractivity (Wildman–Crippen MR) is 81.8 cm³/mol. The number of hydrogen-bond acceptors (Lipinski definition) is 3. The molecule has 1 unspecified atom stereocenters. The normalized spacial score (nSPS) is 11.6. The summed E-state index contributed by atoms with van der Waals surface area (Å²) in [6.45, 7) is 11.5. The summed E-state index contributed by atoms with van der Waals surface area (Å²) >= 11 is 0. The Labute approximate surface area is 125 Å². The first-order chi connectivity index (χ1) is 9.90. The number of nitrogens with one attached hydrogen (secondary N) is 1. The standard InChI is InChI=1S/C15H22N4O2/c1-6-8-19(9-7-2)15(21)12(4)16-14(20)13-10-11(3)17-18(13)5/h6-7,10,12H,1-2,8-9H2,3-5H3,(H,16,20). The molecule has 6 heteroatoms. The molecule has 0 radical (unpaired) electrons. The largest absolute Gasteiger partial charge is 0.339 e. The lowest BCUT2D eigenvalue weighted by molar-refractivity contribution is -0.131. The highest BCUT2D eigenvalue weighted by Crippen LogP contribution is 2.03. The molecule has 1 rings (SSSR count). The fourth-order valence-electron chi connectivity index (χ4n) is 2.00. The Morgan fingerprint density at radius 1 is 1.43 bits per heavy atom. The van der Waals surface area contributed by atoms with Gasteiger partial charge in [-0.2, -0.15) is 5.10 Å². The van der Waals surface area contributed by atoms with Crippen LogP contribution in [0.5, 0.6) is 0 Å². The van der Waals surface area contributed by atoms with Crippen LogP contribution in [-0.2, 0) is 11.8 Å². The molecule has 6 nitrogen and oxygen atoms in total. The van der Waals surface area contributed by atoms with Crippen LogP contribution >= 0.6 is 0 Å². The van der Waals surface area contributed by atoms with E-state index in [-0.39, 0.29) is 11.8 Å². The van der Waals surface area contributed by atoms with Gasteiger partial charge in [0.25, 0.3) is 5.91 Å². The molecule has 1 aromatic heterocycles. The highest BCUT2D eigenvalue weighted by molar-refractivity contribution is 5.96. The molecule has 1 heterocycles. The minimum Gasteiger partial charge on any atom is -0.339 e. The third-order valence-electron chi connectivity index (χ3n) is 2.96. The summed E-state index contributed by atoms with van der Waals surface area (Å²) in [6, 6.07) is 1.05. The molecule has 1 atom stereocenters. The van der Waals surface area contributed by atoms with Gasteiger partial charge < -0.3 is 10.2 Å². The summed E-state index contributed by atoms with van der Waals surface area (Å²) in [4.78, 5) is 26.0. The first kappa shape index (κ1) is 16.7. The van der Waals surface area contributed by atoms with Crippen molar-refractivity contribution in [1.29, 1.82) is 0 Å². The number of carbonyl (C=O) groups excluding carboxylic acids is 2.